The quantitative estimate of drug-likeness (QED) is 0.828. The van der Waals surface area contributed by atoms with Crippen molar-refractivity contribution in [2.75, 3.05) is 13.2 Å². The van der Waals surface area contributed by atoms with E-state index in [1.54, 1.807) is 5.56 Å². The molecule has 0 radical (unpaired) electrons. The lowest BCUT2D eigenvalue weighted by molar-refractivity contribution is 0.00505. The lowest BCUT2D eigenvalue weighted by Crippen LogP contribution is -2.30. The first-order valence-electron chi connectivity index (χ1n) is 8.82. The Balaban J connectivity index is 1.75. The third-order valence-electron chi connectivity index (χ3n) is 5.14. The molecular weight excluding hydrogens is 258 g/mol. The van der Waals surface area contributed by atoms with E-state index in [2.05, 4.69) is 36.5 Å². The largest absolute Gasteiger partial charge is 0.378 e. The average Bonchev–Trinajstić information content (AvgIpc) is 2.47. The first-order valence-corrected chi connectivity index (χ1v) is 8.82. The van der Waals surface area contributed by atoms with E-state index in [4.69, 9.17) is 4.74 Å². The van der Waals surface area contributed by atoms with E-state index >= 15 is 0 Å². The Hall–Kier alpha value is -0.860. The Morgan fingerprint density at radius 2 is 2.00 bits per heavy atom. The molecule has 0 aromatic heterocycles. The first kappa shape index (κ1) is 15.1. The summed E-state index contributed by atoms with van der Waals surface area (Å²) >= 11 is 0. The molecule has 116 valence electrons. The predicted octanol–water partition coefficient (Wildman–Crippen LogP) is 4.56. The van der Waals surface area contributed by atoms with Crippen LogP contribution < -0.4 is 5.32 Å². The molecule has 1 aromatic rings. The fraction of sp³-hybridized carbons (Fsp3) is 0.684. The van der Waals surface area contributed by atoms with Gasteiger partial charge in [-0.2, -0.15) is 0 Å². The Bertz CT molecular complexity index is 435. The number of hydrogen-bond acceptors (Lipinski definition) is 2. The van der Waals surface area contributed by atoms with Gasteiger partial charge in [-0.1, -0.05) is 37.6 Å². The van der Waals surface area contributed by atoms with Gasteiger partial charge >= 0.3 is 0 Å². The molecule has 0 amide bonds. The first-order chi connectivity index (χ1) is 10.4. The zero-order valence-corrected chi connectivity index (χ0v) is 13.3. The van der Waals surface area contributed by atoms with E-state index in [1.807, 2.05) is 0 Å². The molecule has 1 heterocycles. The molecule has 3 rings (SSSR count). The molecule has 21 heavy (non-hydrogen) atoms. The Morgan fingerprint density at radius 1 is 1.14 bits per heavy atom. The smallest absolute Gasteiger partial charge is 0.0593 e. The summed E-state index contributed by atoms with van der Waals surface area (Å²) in [6, 6.07) is 9.55. The summed E-state index contributed by atoms with van der Waals surface area (Å²) in [6.07, 6.45) is 9.50. The van der Waals surface area contributed by atoms with Crippen LogP contribution in [0.4, 0.5) is 0 Å². The van der Waals surface area contributed by atoms with Gasteiger partial charge in [-0.15, -0.1) is 0 Å². The van der Waals surface area contributed by atoms with Crippen LogP contribution in [0.5, 0.6) is 0 Å². The third kappa shape index (κ3) is 3.67. The van der Waals surface area contributed by atoms with Gasteiger partial charge in [-0.05, 0) is 62.1 Å². The van der Waals surface area contributed by atoms with Crippen molar-refractivity contribution in [2.45, 2.75) is 69.9 Å². The van der Waals surface area contributed by atoms with Crippen molar-refractivity contribution in [3.63, 3.8) is 0 Å². The van der Waals surface area contributed by atoms with Crippen LogP contribution in [0.25, 0.3) is 0 Å². The molecule has 0 bridgehead atoms. The third-order valence-corrected chi connectivity index (χ3v) is 5.14. The Labute approximate surface area is 129 Å². The van der Waals surface area contributed by atoms with Gasteiger partial charge in [-0.25, -0.2) is 0 Å². The van der Waals surface area contributed by atoms with Gasteiger partial charge in [0.1, 0.15) is 0 Å². The second-order valence-corrected chi connectivity index (χ2v) is 6.59. The van der Waals surface area contributed by atoms with Crippen LogP contribution in [0, 0.1) is 0 Å². The van der Waals surface area contributed by atoms with E-state index in [0.717, 1.165) is 25.5 Å². The van der Waals surface area contributed by atoms with E-state index in [1.165, 1.54) is 44.1 Å². The van der Waals surface area contributed by atoms with Crippen molar-refractivity contribution < 1.29 is 4.74 Å². The highest BCUT2D eigenvalue weighted by molar-refractivity contribution is 5.34. The molecule has 1 aliphatic heterocycles. The number of ether oxygens (including phenoxy) is 1. The molecule has 1 aliphatic carbocycles. The topological polar surface area (TPSA) is 21.3 Å². The summed E-state index contributed by atoms with van der Waals surface area (Å²) in [5.41, 5.74) is 3.11. The maximum atomic E-state index is 5.98. The van der Waals surface area contributed by atoms with Crippen LogP contribution >= 0.6 is 0 Å². The minimum absolute atomic E-state index is 0.442. The van der Waals surface area contributed by atoms with Gasteiger partial charge < -0.3 is 10.1 Å². The second kappa shape index (κ2) is 7.42. The van der Waals surface area contributed by atoms with Gasteiger partial charge in [0.15, 0.2) is 0 Å². The van der Waals surface area contributed by atoms with Crippen LogP contribution in [-0.4, -0.2) is 19.3 Å². The lowest BCUT2D eigenvalue weighted by Gasteiger charge is -2.33. The van der Waals surface area contributed by atoms with E-state index in [-0.39, 0.29) is 0 Å². The van der Waals surface area contributed by atoms with Gasteiger partial charge in [0.2, 0.25) is 0 Å². The molecule has 1 aromatic carbocycles. The highest BCUT2D eigenvalue weighted by Gasteiger charge is 2.26. The molecule has 1 N–H and O–H groups in total. The van der Waals surface area contributed by atoms with Crippen LogP contribution in [0.2, 0.25) is 0 Å². The molecule has 2 unspecified atom stereocenters. The summed E-state index contributed by atoms with van der Waals surface area (Å²) in [5, 5.41) is 3.71. The standard InChI is InChI=1S/C19H29NO/c1-2-20-19(14-16-10-5-6-13-21-16)18-12-4-3-11-17(18)15-8-7-9-15/h3-4,11-12,15-16,19-20H,2,5-10,13-14H2,1H3. The fourth-order valence-corrected chi connectivity index (χ4v) is 3.74. The van der Waals surface area contributed by atoms with Gasteiger partial charge in [-0.3, -0.25) is 0 Å². The maximum Gasteiger partial charge on any atom is 0.0593 e. The Kier molecular flexibility index (Phi) is 5.32. The molecule has 2 atom stereocenters. The highest BCUT2D eigenvalue weighted by Crippen LogP contribution is 2.40. The average molecular weight is 287 g/mol. The number of nitrogens with one attached hydrogen (secondary N) is 1. The van der Waals surface area contributed by atoms with Gasteiger partial charge in [0.05, 0.1) is 6.10 Å². The molecule has 1 saturated heterocycles. The van der Waals surface area contributed by atoms with Crippen molar-refractivity contribution in [3.8, 4) is 0 Å². The zero-order valence-electron chi connectivity index (χ0n) is 13.3. The molecule has 1 saturated carbocycles. The van der Waals surface area contributed by atoms with Crippen molar-refractivity contribution in [2.24, 2.45) is 0 Å². The molecular formula is C19H29NO. The highest BCUT2D eigenvalue weighted by atomic mass is 16.5. The lowest BCUT2D eigenvalue weighted by atomic mass is 9.76. The van der Waals surface area contributed by atoms with Crippen LogP contribution in [0.15, 0.2) is 24.3 Å². The summed E-state index contributed by atoms with van der Waals surface area (Å²) in [4.78, 5) is 0. The molecule has 2 nitrogen and oxygen atoms in total. The Morgan fingerprint density at radius 3 is 2.67 bits per heavy atom. The zero-order chi connectivity index (χ0) is 14.5. The SMILES string of the molecule is CCNC(CC1CCCCO1)c1ccccc1C1CCC1. The molecule has 0 spiro atoms. The van der Waals surface area contributed by atoms with Gasteiger partial charge in [0.25, 0.3) is 0 Å². The van der Waals surface area contributed by atoms with Crippen molar-refractivity contribution >= 4 is 0 Å². The summed E-state index contributed by atoms with van der Waals surface area (Å²) in [7, 11) is 0. The minimum Gasteiger partial charge on any atom is -0.378 e. The van der Waals surface area contributed by atoms with Crippen molar-refractivity contribution in [1.82, 2.24) is 5.32 Å². The van der Waals surface area contributed by atoms with E-state index in [9.17, 15) is 0 Å². The normalized spacial score (nSPS) is 24.5. The van der Waals surface area contributed by atoms with E-state index in [0.29, 0.717) is 12.1 Å². The monoisotopic (exact) mass is 287 g/mol. The minimum atomic E-state index is 0.442. The fourth-order valence-electron chi connectivity index (χ4n) is 3.74. The van der Waals surface area contributed by atoms with E-state index < -0.39 is 0 Å². The molecule has 2 heteroatoms. The van der Waals surface area contributed by atoms with Crippen molar-refractivity contribution in [3.05, 3.63) is 35.4 Å². The second-order valence-electron chi connectivity index (χ2n) is 6.59. The summed E-state index contributed by atoms with van der Waals surface area (Å²) in [6.45, 7) is 4.19. The van der Waals surface area contributed by atoms with Crippen LogP contribution in [-0.2, 0) is 4.74 Å². The number of hydrogen-bond donors (Lipinski definition) is 1. The number of rotatable bonds is 6. The van der Waals surface area contributed by atoms with Crippen molar-refractivity contribution in [1.29, 1.82) is 0 Å². The number of benzene rings is 1. The summed E-state index contributed by atoms with van der Waals surface area (Å²) < 4.78 is 5.98. The molecule has 2 aliphatic rings. The van der Waals surface area contributed by atoms with Crippen LogP contribution in [0.1, 0.15) is 75.0 Å². The summed E-state index contributed by atoms with van der Waals surface area (Å²) in [5.74, 6) is 0.801. The maximum absolute atomic E-state index is 5.98. The van der Waals surface area contributed by atoms with Crippen LogP contribution in [0.3, 0.4) is 0 Å². The predicted molar refractivity (Wildman–Crippen MR) is 87.7 cm³/mol. The molecule has 2 fully saturated rings. The van der Waals surface area contributed by atoms with Gasteiger partial charge in [0, 0.05) is 12.6 Å².